The highest BCUT2D eigenvalue weighted by Gasteiger charge is 2.22. The van der Waals surface area contributed by atoms with Gasteiger partial charge >= 0.3 is 0 Å². The topological polar surface area (TPSA) is 39.7 Å². The first-order valence-electron chi connectivity index (χ1n) is 9.47. The molecule has 1 saturated heterocycles. The van der Waals surface area contributed by atoms with Gasteiger partial charge in [-0.25, -0.2) is 4.98 Å². The summed E-state index contributed by atoms with van der Waals surface area (Å²) in [4.78, 5) is 23.9. The Kier molecular flexibility index (Phi) is 6.23. The van der Waals surface area contributed by atoms with E-state index in [0.29, 0.717) is 0 Å². The number of pyridine rings is 1. The first kappa shape index (κ1) is 18.4. The van der Waals surface area contributed by atoms with Crippen LogP contribution in [0, 0.1) is 0 Å². The van der Waals surface area contributed by atoms with Crippen molar-refractivity contribution in [2.24, 2.45) is 0 Å². The quantitative estimate of drug-likeness (QED) is 0.801. The number of anilines is 1. The molecule has 1 aromatic heterocycles. The molecule has 1 amide bonds. The molecule has 1 aliphatic heterocycles. The monoisotopic (exact) mass is 352 g/mol. The molecule has 2 aromatic rings. The van der Waals surface area contributed by atoms with E-state index in [2.05, 4.69) is 40.8 Å². The molecule has 1 fully saturated rings. The van der Waals surface area contributed by atoms with E-state index in [1.54, 1.807) is 6.20 Å². The van der Waals surface area contributed by atoms with Crippen molar-refractivity contribution < 1.29 is 4.79 Å². The van der Waals surface area contributed by atoms with E-state index in [9.17, 15) is 4.79 Å². The fourth-order valence-corrected chi connectivity index (χ4v) is 3.33. The van der Waals surface area contributed by atoms with Gasteiger partial charge in [0.1, 0.15) is 5.82 Å². The Bertz CT molecular complexity index is 711. The maximum absolute atomic E-state index is 12.9. The lowest BCUT2D eigenvalue weighted by atomic mass is 10.2. The predicted octanol–water partition coefficient (Wildman–Crippen LogP) is 2.89. The Labute approximate surface area is 156 Å². The Morgan fingerprint density at radius 1 is 1.08 bits per heavy atom. The first-order chi connectivity index (χ1) is 12.7. The molecule has 0 radical (unpaired) electrons. The summed E-state index contributed by atoms with van der Waals surface area (Å²) < 4.78 is 0. The molecule has 0 aliphatic carbocycles. The third-order valence-electron chi connectivity index (χ3n) is 5.02. The molecule has 26 heavy (non-hydrogen) atoms. The van der Waals surface area contributed by atoms with Crippen LogP contribution in [0.1, 0.15) is 29.8 Å². The van der Waals surface area contributed by atoms with Crippen molar-refractivity contribution in [3.05, 3.63) is 59.8 Å². The van der Waals surface area contributed by atoms with Crippen LogP contribution in [0.2, 0.25) is 0 Å². The molecule has 5 nitrogen and oxygen atoms in total. The Hall–Kier alpha value is -2.40. The zero-order valence-corrected chi connectivity index (χ0v) is 15.8. The van der Waals surface area contributed by atoms with Crippen molar-refractivity contribution in [2.75, 3.05) is 44.2 Å². The summed E-state index contributed by atoms with van der Waals surface area (Å²) in [5.74, 6) is 0.967. The number of hydrogen-bond donors (Lipinski definition) is 0. The lowest BCUT2D eigenvalue weighted by Gasteiger charge is -2.34. The molecule has 1 aliphatic rings. The van der Waals surface area contributed by atoms with Crippen LogP contribution in [0.3, 0.4) is 0 Å². The molecule has 5 heteroatoms. The van der Waals surface area contributed by atoms with Crippen LogP contribution in [0.4, 0.5) is 5.82 Å². The van der Waals surface area contributed by atoms with Crippen LogP contribution in [0.5, 0.6) is 0 Å². The minimum absolute atomic E-state index is 0.111. The van der Waals surface area contributed by atoms with Crippen molar-refractivity contribution in [2.45, 2.75) is 20.4 Å². The van der Waals surface area contributed by atoms with Gasteiger partial charge in [-0.2, -0.15) is 0 Å². The highest BCUT2D eigenvalue weighted by atomic mass is 16.2. The van der Waals surface area contributed by atoms with E-state index in [1.807, 2.05) is 35.2 Å². The molecule has 3 rings (SSSR count). The fraction of sp³-hybridized carbons (Fsp3) is 0.429. The van der Waals surface area contributed by atoms with Crippen LogP contribution in [0.15, 0.2) is 48.7 Å². The van der Waals surface area contributed by atoms with Gasteiger partial charge in [0, 0.05) is 51.0 Å². The van der Waals surface area contributed by atoms with E-state index in [-0.39, 0.29) is 5.91 Å². The van der Waals surface area contributed by atoms with Crippen molar-refractivity contribution in [3.8, 4) is 0 Å². The van der Waals surface area contributed by atoms with Gasteiger partial charge in [0.15, 0.2) is 0 Å². The van der Waals surface area contributed by atoms with Gasteiger partial charge in [-0.1, -0.05) is 37.3 Å². The average Bonchev–Trinajstić information content (AvgIpc) is 2.72. The summed E-state index contributed by atoms with van der Waals surface area (Å²) in [7, 11) is 0. The number of benzene rings is 1. The number of likely N-dealkylation sites (N-methyl/N-ethyl adjacent to an activating group) is 1. The molecular weight excluding hydrogens is 324 g/mol. The highest BCUT2D eigenvalue weighted by molar-refractivity contribution is 5.95. The lowest BCUT2D eigenvalue weighted by Crippen LogP contribution is -2.48. The van der Waals surface area contributed by atoms with E-state index in [1.165, 1.54) is 5.56 Å². The third kappa shape index (κ3) is 4.41. The summed E-state index contributed by atoms with van der Waals surface area (Å²) in [6, 6.07) is 14.1. The highest BCUT2D eigenvalue weighted by Crippen LogP contribution is 2.17. The first-order valence-corrected chi connectivity index (χ1v) is 9.47. The number of nitrogens with zero attached hydrogens (tertiary/aromatic N) is 4. The maximum Gasteiger partial charge on any atom is 0.254 e. The molecular formula is C21H28N4O. The summed E-state index contributed by atoms with van der Waals surface area (Å²) in [5.41, 5.74) is 1.97. The van der Waals surface area contributed by atoms with E-state index in [0.717, 1.165) is 57.2 Å². The van der Waals surface area contributed by atoms with Crippen molar-refractivity contribution >= 4 is 11.7 Å². The molecule has 1 aromatic carbocycles. The number of hydrogen-bond acceptors (Lipinski definition) is 4. The second kappa shape index (κ2) is 8.81. The summed E-state index contributed by atoms with van der Waals surface area (Å²) in [6.07, 6.45) is 1.75. The molecule has 0 bridgehead atoms. The van der Waals surface area contributed by atoms with Crippen molar-refractivity contribution in [3.63, 3.8) is 0 Å². The minimum atomic E-state index is 0.111. The van der Waals surface area contributed by atoms with Crippen LogP contribution in [-0.4, -0.2) is 60.0 Å². The van der Waals surface area contributed by atoms with Crippen LogP contribution < -0.4 is 4.90 Å². The summed E-state index contributed by atoms with van der Waals surface area (Å²) >= 11 is 0. The average molecular weight is 352 g/mol. The molecule has 0 unspecified atom stereocenters. The molecule has 0 spiro atoms. The lowest BCUT2D eigenvalue weighted by molar-refractivity contribution is 0.0643. The molecule has 138 valence electrons. The number of rotatable bonds is 6. The maximum atomic E-state index is 12.9. The summed E-state index contributed by atoms with van der Waals surface area (Å²) in [5, 5.41) is 0. The standard InChI is InChI=1S/C21H28N4O/c1-3-23-12-14-25(15-13-23)21(26)19-10-11-22-20(16-19)24(4-2)17-18-8-6-5-7-9-18/h5-11,16H,3-4,12-15,17H2,1-2H3. The van der Waals surface area contributed by atoms with Crippen molar-refractivity contribution in [1.29, 1.82) is 0 Å². The molecule has 0 saturated carbocycles. The normalized spacial score (nSPS) is 15.1. The molecule has 0 N–H and O–H groups in total. The Balaban J connectivity index is 1.71. The van der Waals surface area contributed by atoms with Gasteiger partial charge in [-0.05, 0) is 31.2 Å². The predicted molar refractivity (Wildman–Crippen MR) is 105 cm³/mol. The zero-order valence-electron chi connectivity index (χ0n) is 15.8. The van der Waals surface area contributed by atoms with Gasteiger partial charge in [0.2, 0.25) is 0 Å². The second-order valence-electron chi connectivity index (χ2n) is 6.63. The van der Waals surface area contributed by atoms with Crippen LogP contribution in [-0.2, 0) is 6.54 Å². The van der Waals surface area contributed by atoms with Gasteiger partial charge in [-0.3, -0.25) is 4.79 Å². The number of carbonyl (C=O) groups excluding carboxylic acids is 1. The summed E-state index contributed by atoms with van der Waals surface area (Å²) in [6.45, 7) is 10.5. The SMILES string of the molecule is CCN1CCN(C(=O)c2ccnc(N(CC)Cc3ccccc3)c2)CC1. The van der Waals surface area contributed by atoms with Gasteiger partial charge in [-0.15, -0.1) is 0 Å². The number of carbonyl (C=O) groups is 1. The van der Waals surface area contributed by atoms with Crippen molar-refractivity contribution in [1.82, 2.24) is 14.8 Å². The van der Waals surface area contributed by atoms with E-state index >= 15 is 0 Å². The van der Waals surface area contributed by atoms with Gasteiger partial charge in [0.25, 0.3) is 5.91 Å². The van der Waals surface area contributed by atoms with Gasteiger partial charge < -0.3 is 14.7 Å². The zero-order chi connectivity index (χ0) is 18.4. The van der Waals surface area contributed by atoms with E-state index in [4.69, 9.17) is 0 Å². The largest absolute Gasteiger partial charge is 0.353 e. The van der Waals surface area contributed by atoms with E-state index < -0.39 is 0 Å². The Morgan fingerprint density at radius 3 is 2.46 bits per heavy atom. The smallest absolute Gasteiger partial charge is 0.254 e. The third-order valence-corrected chi connectivity index (χ3v) is 5.02. The fourth-order valence-electron chi connectivity index (χ4n) is 3.33. The molecule has 0 atom stereocenters. The van der Waals surface area contributed by atoms with Crippen LogP contribution >= 0.6 is 0 Å². The minimum Gasteiger partial charge on any atom is -0.353 e. The van der Waals surface area contributed by atoms with Crippen LogP contribution in [0.25, 0.3) is 0 Å². The van der Waals surface area contributed by atoms with Gasteiger partial charge in [0.05, 0.1) is 0 Å². The Morgan fingerprint density at radius 2 is 1.81 bits per heavy atom. The second-order valence-corrected chi connectivity index (χ2v) is 6.63. The number of amides is 1. The number of piperazine rings is 1. The number of aromatic nitrogens is 1. The molecule has 2 heterocycles.